The van der Waals surface area contributed by atoms with E-state index in [2.05, 4.69) is 10.6 Å². The fourth-order valence-electron chi connectivity index (χ4n) is 4.02. The molecule has 0 aliphatic rings. The minimum Gasteiger partial charge on any atom is -0.508 e. The molecule has 0 saturated heterocycles. The van der Waals surface area contributed by atoms with Crippen LogP contribution < -0.4 is 10.6 Å². The second-order valence-electron chi connectivity index (χ2n) is 10.9. The fourth-order valence-corrected chi connectivity index (χ4v) is 4.02. The van der Waals surface area contributed by atoms with E-state index in [0.29, 0.717) is 12.0 Å². The molecule has 3 amide bonds. The zero-order chi connectivity index (χ0) is 27.8. The Morgan fingerprint density at radius 1 is 0.973 bits per heavy atom. The van der Waals surface area contributed by atoms with Gasteiger partial charge in [-0.15, -0.1) is 0 Å². The first kappa shape index (κ1) is 29.7. The van der Waals surface area contributed by atoms with Gasteiger partial charge in [0, 0.05) is 12.6 Å². The zero-order valence-corrected chi connectivity index (χ0v) is 22.9. The summed E-state index contributed by atoms with van der Waals surface area (Å²) in [5.74, 6) is -0.723. The number of nitrogens with zero attached hydrogens (tertiary/aromatic N) is 1. The van der Waals surface area contributed by atoms with Gasteiger partial charge in [-0.2, -0.15) is 0 Å². The van der Waals surface area contributed by atoms with Crippen LogP contribution in [0.4, 0.5) is 4.79 Å². The molecule has 37 heavy (non-hydrogen) atoms. The first-order valence-electron chi connectivity index (χ1n) is 12.7. The monoisotopic (exact) mass is 511 g/mol. The van der Waals surface area contributed by atoms with Crippen LogP contribution in [0.2, 0.25) is 0 Å². The Morgan fingerprint density at radius 3 is 2.16 bits per heavy atom. The fraction of sp³-hybridized carbons (Fsp3) is 0.483. The third-order valence-electron chi connectivity index (χ3n) is 5.53. The maximum absolute atomic E-state index is 14.0. The summed E-state index contributed by atoms with van der Waals surface area (Å²) in [4.78, 5) is 41.7. The van der Waals surface area contributed by atoms with Crippen LogP contribution in [0, 0.1) is 5.92 Å². The van der Waals surface area contributed by atoms with E-state index in [4.69, 9.17) is 4.74 Å². The van der Waals surface area contributed by atoms with Gasteiger partial charge in [-0.25, -0.2) is 4.79 Å². The lowest BCUT2D eigenvalue weighted by Gasteiger charge is -2.37. The summed E-state index contributed by atoms with van der Waals surface area (Å²) in [6.07, 6.45) is -0.336. The lowest BCUT2D eigenvalue weighted by atomic mass is 9.97. The van der Waals surface area contributed by atoms with Crippen molar-refractivity contribution < 1.29 is 24.2 Å². The second-order valence-corrected chi connectivity index (χ2v) is 10.9. The maximum Gasteiger partial charge on any atom is 0.408 e. The maximum atomic E-state index is 14.0. The van der Waals surface area contributed by atoms with Gasteiger partial charge in [0.15, 0.2) is 0 Å². The zero-order valence-electron chi connectivity index (χ0n) is 22.9. The summed E-state index contributed by atoms with van der Waals surface area (Å²) in [5.41, 5.74) is 0.652. The Bertz CT molecular complexity index is 1050. The van der Waals surface area contributed by atoms with Crippen molar-refractivity contribution in [2.24, 2.45) is 5.92 Å². The number of benzene rings is 2. The molecule has 0 aromatic heterocycles. The lowest BCUT2D eigenvalue weighted by molar-refractivity contribution is -0.145. The number of phenolic OH excluding ortho intramolecular Hbond substituents is 1. The molecule has 0 aliphatic carbocycles. The summed E-state index contributed by atoms with van der Waals surface area (Å²) in [5, 5.41) is 15.8. The average Bonchev–Trinajstić information content (AvgIpc) is 2.79. The van der Waals surface area contributed by atoms with Gasteiger partial charge in [0.1, 0.15) is 23.4 Å². The van der Waals surface area contributed by atoms with Crippen molar-refractivity contribution in [2.75, 3.05) is 0 Å². The van der Waals surface area contributed by atoms with Crippen LogP contribution in [0.3, 0.4) is 0 Å². The van der Waals surface area contributed by atoms with Gasteiger partial charge in [0.05, 0.1) is 0 Å². The third kappa shape index (κ3) is 9.44. The van der Waals surface area contributed by atoms with E-state index in [0.717, 1.165) is 5.56 Å². The van der Waals surface area contributed by atoms with Gasteiger partial charge >= 0.3 is 6.09 Å². The third-order valence-corrected chi connectivity index (χ3v) is 5.53. The Hall–Kier alpha value is -3.55. The molecule has 8 heteroatoms. The SMILES string of the molecule is CC(C)CC(NC(=O)OC(C)(C)C)C(=O)N(C(C)C)C(C(=O)NCc1ccccc1)c1cccc(O)c1. The van der Waals surface area contributed by atoms with Crippen LogP contribution >= 0.6 is 0 Å². The Balaban J connectivity index is 2.44. The van der Waals surface area contributed by atoms with Gasteiger partial charge in [-0.3, -0.25) is 9.59 Å². The molecule has 0 spiro atoms. The lowest BCUT2D eigenvalue weighted by Crippen LogP contribution is -2.55. The highest BCUT2D eigenvalue weighted by atomic mass is 16.6. The number of phenols is 1. The number of nitrogens with one attached hydrogen (secondary N) is 2. The molecule has 0 radical (unpaired) electrons. The van der Waals surface area contributed by atoms with E-state index in [1.165, 1.54) is 17.0 Å². The number of hydrogen-bond donors (Lipinski definition) is 3. The summed E-state index contributed by atoms with van der Waals surface area (Å²) in [6.45, 7) is 13.1. The molecule has 0 aliphatic heterocycles. The van der Waals surface area contributed by atoms with E-state index in [-0.39, 0.29) is 18.2 Å². The molecular formula is C29H41N3O5. The number of aromatic hydroxyl groups is 1. The standard InChI is InChI=1S/C29H41N3O5/c1-19(2)16-24(31-28(36)37-29(5,6)7)27(35)32(20(3)4)25(22-14-11-15-23(33)17-22)26(34)30-18-21-12-9-8-10-13-21/h8-15,17,19-20,24-25,33H,16,18H2,1-7H3,(H,30,34)(H,31,36). The summed E-state index contributed by atoms with van der Waals surface area (Å²) < 4.78 is 5.40. The number of rotatable bonds is 10. The van der Waals surface area contributed by atoms with Gasteiger partial charge in [-0.05, 0) is 70.2 Å². The number of amides is 3. The van der Waals surface area contributed by atoms with E-state index in [9.17, 15) is 19.5 Å². The molecule has 0 bridgehead atoms. The highest BCUT2D eigenvalue weighted by Crippen LogP contribution is 2.28. The number of alkyl carbamates (subject to hydrolysis) is 1. The normalized spacial score (nSPS) is 13.1. The van der Waals surface area contributed by atoms with E-state index < -0.39 is 41.6 Å². The number of carbonyl (C=O) groups is 3. The largest absolute Gasteiger partial charge is 0.508 e. The minimum absolute atomic E-state index is 0.0138. The predicted octanol–water partition coefficient (Wildman–Crippen LogP) is 4.93. The van der Waals surface area contributed by atoms with Crippen molar-refractivity contribution in [3.8, 4) is 5.75 Å². The molecule has 2 aromatic rings. The van der Waals surface area contributed by atoms with Gasteiger partial charge in [0.25, 0.3) is 0 Å². The van der Waals surface area contributed by atoms with Crippen molar-refractivity contribution in [3.05, 3.63) is 65.7 Å². The molecule has 0 fully saturated rings. The molecule has 3 N–H and O–H groups in total. The van der Waals surface area contributed by atoms with Crippen LogP contribution in [0.1, 0.15) is 72.1 Å². The predicted molar refractivity (Wildman–Crippen MR) is 144 cm³/mol. The van der Waals surface area contributed by atoms with Gasteiger partial charge in [-0.1, -0.05) is 56.3 Å². The first-order chi connectivity index (χ1) is 17.3. The Morgan fingerprint density at radius 2 is 1.62 bits per heavy atom. The number of ether oxygens (including phenoxy) is 1. The van der Waals surface area contributed by atoms with Crippen LogP contribution in [-0.4, -0.2) is 45.6 Å². The second kappa shape index (κ2) is 13.1. The van der Waals surface area contributed by atoms with Crippen LogP contribution in [0.15, 0.2) is 54.6 Å². The van der Waals surface area contributed by atoms with E-state index in [1.807, 2.05) is 58.0 Å². The Labute approximate surface area is 220 Å². The summed E-state index contributed by atoms with van der Waals surface area (Å²) in [6, 6.07) is 13.5. The molecule has 8 nitrogen and oxygen atoms in total. The molecule has 202 valence electrons. The van der Waals surface area contributed by atoms with Crippen molar-refractivity contribution in [1.29, 1.82) is 0 Å². The van der Waals surface area contributed by atoms with Crippen LogP contribution in [-0.2, 0) is 20.9 Å². The van der Waals surface area contributed by atoms with E-state index >= 15 is 0 Å². The van der Waals surface area contributed by atoms with Crippen molar-refractivity contribution in [3.63, 3.8) is 0 Å². The highest BCUT2D eigenvalue weighted by molar-refractivity contribution is 5.92. The Kier molecular flexibility index (Phi) is 10.5. The van der Waals surface area contributed by atoms with E-state index in [1.54, 1.807) is 32.9 Å². The number of hydrogen-bond acceptors (Lipinski definition) is 5. The van der Waals surface area contributed by atoms with Crippen molar-refractivity contribution >= 4 is 17.9 Å². The molecule has 2 atom stereocenters. The molecular weight excluding hydrogens is 470 g/mol. The summed E-state index contributed by atoms with van der Waals surface area (Å²) in [7, 11) is 0. The smallest absolute Gasteiger partial charge is 0.408 e. The van der Waals surface area contributed by atoms with Crippen LogP contribution in [0.25, 0.3) is 0 Å². The van der Waals surface area contributed by atoms with Crippen LogP contribution in [0.5, 0.6) is 5.75 Å². The quantitative estimate of drug-likeness (QED) is 0.419. The van der Waals surface area contributed by atoms with Crippen molar-refractivity contribution in [1.82, 2.24) is 15.5 Å². The highest BCUT2D eigenvalue weighted by Gasteiger charge is 2.38. The van der Waals surface area contributed by atoms with Gasteiger partial charge in [0.2, 0.25) is 11.8 Å². The van der Waals surface area contributed by atoms with Crippen molar-refractivity contribution in [2.45, 2.75) is 85.2 Å². The topological polar surface area (TPSA) is 108 Å². The molecule has 0 heterocycles. The summed E-state index contributed by atoms with van der Waals surface area (Å²) >= 11 is 0. The first-order valence-corrected chi connectivity index (χ1v) is 12.7. The molecule has 2 unspecified atom stereocenters. The average molecular weight is 512 g/mol. The molecule has 2 aromatic carbocycles. The number of carbonyl (C=O) groups excluding carboxylic acids is 3. The minimum atomic E-state index is -1.03. The molecule has 0 saturated carbocycles. The molecule has 2 rings (SSSR count). The van der Waals surface area contributed by atoms with Gasteiger partial charge < -0.3 is 25.4 Å².